The summed E-state index contributed by atoms with van der Waals surface area (Å²) in [6.07, 6.45) is 6.87. The van der Waals surface area contributed by atoms with Crippen LogP contribution in [0, 0.1) is 17.8 Å². The summed E-state index contributed by atoms with van der Waals surface area (Å²) in [5, 5.41) is 4.58. The van der Waals surface area contributed by atoms with Crippen molar-refractivity contribution in [1.29, 1.82) is 0 Å². The van der Waals surface area contributed by atoms with Gasteiger partial charge in [0.1, 0.15) is 23.4 Å². The number of nitrogens with one attached hydrogen (secondary N) is 1. The molecule has 218 valence electrons. The first-order chi connectivity index (χ1) is 19.9. The summed E-state index contributed by atoms with van der Waals surface area (Å²) in [5.74, 6) is 3.84. The minimum absolute atomic E-state index is 0.165. The Morgan fingerprint density at radius 1 is 1.15 bits per heavy atom. The summed E-state index contributed by atoms with van der Waals surface area (Å²) in [5.41, 5.74) is 2.68. The van der Waals surface area contributed by atoms with Gasteiger partial charge in [-0.1, -0.05) is 19.9 Å². The van der Waals surface area contributed by atoms with Crippen molar-refractivity contribution in [3.8, 4) is 17.2 Å². The number of aromatic nitrogens is 1. The zero-order valence-electron chi connectivity index (χ0n) is 24.5. The van der Waals surface area contributed by atoms with Crippen molar-refractivity contribution in [2.75, 3.05) is 39.2 Å². The number of methoxy groups -OCH3 is 2. The van der Waals surface area contributed by atoms with Gasteiger partial charge < -0.3 is 24.3 Å². The number of piperidine rings is 3. The fourth-order valence-corrected chi connectivity index (χ4v) is 6.31. The van der Waals surface area contributed by atoms with Gasteiger partial charge in [0.15, 0.2) is 0 Å². The summed E-state index contributed by atoms with van der Waals surface area (Å²) in [6, 6.07) is 13.9. The molecule has 0 amide bonds. The number of nitrogens with zero attached hydrogens (tertiary/aromatic N) is 2. The van der Waals surface area contributed by atoms with Crippen LogP contribution < -0.4 is 19.5 Å². The smallest absolute Gasteiger partial charge is 0.261 e. The van der Waals surface area contributed by atoms with E-state index in [1.165, 1.54) is 6.42 Å². The molecule has 0 saturated carbocycles. The SMILES string of the molecule is C=C[C@H]1CN2CC[C@H]1C[C@@H]2[C@@H](OC(=S)Nc1ccc(OC)cc1OC)c1ccnc2ccc(OCCC(C)C)cc12. The van der Waals surface area contributed by atoms with Crippen LogP contribution in [0.5, 0.6) is 17.2 Å². The van der Waals surface area contributed by atoms with Gasteiger partial charge in [-0.25, -0.2) is 0 Å². The molecule has 5 atom stereocenters. The minimum Gasteiger partial charge on any atom is -0.497 e. The topological polar surface area (TPSA) is 65.1 Å². The Bertz CT molecular complexity index is 1380. The third-order valence-electron chi connectivity index (χ3n) is 8.40. The summed E-state index contributed by atoms with van der Waals surface area (Å²) in [6.45, 7) is 11.2. The van der Waals surface area contributed by atoms with E-state index in [0.29, 0.717) is 35.9 Å². The van der Waals surface area contributed by atoms with E-state index in [0.717, 1.165) is 53.8 Å². The molecule has 3 fully saturated rings. The molecule has 3 aliphatic rings. The molecule has 6 rings (SSSR count). The fraction of sp³-hybridized carbons (Fsp3) is 0.455. The van der Waals surface area contributed by atoms with E-state index in [2.05, 4.69) is 53.8 Å². The van der Waals surface area contributed by atoms with E-state index in [1.54, 1.807) is 14.2 Å². The van der Waals surface area contributed by atoms with Crippen LogP contribution in [-0.2, 0) is 4.74 Å². The standard InChI is InChI=1S/C33H41N3O4S/c1-6-22-20-36-15-12-23(22)17-30(36)32(40-33(41)35-29-10-7-24(37-4)19-31(29)38-5)26-11-14-34-28-9-8-25(18-27(26)28)39-16-13-21(2)3/h6-11,14,18-19,21-23,30,32H,1,12-13,15-17,20H2,2-5H3,(H,35,41)/t22-,23-,30+,32-/m0/s1. The lowest BCUT2D eigenvalue weighted by atomic mass is 9.73. The van der Waals surface area contributed by atoms with Crippen molar-refractivity contribution in [2.45, 2.75) is 45.3 Å². The van der Waals surface area contributed by atoms with E-state index in [-0.39, 0.29) is 17.3 Å². The zero-order chi connectivity index (χ0) is 28.9. The number of rotatable bonds is 11. The maximum atomic E-state index is 6.72. The van der Waals surface area contributed by atoms with Gasteiger partial charge in [-0.2, -0.15) is 0 Å². The van der Waals surface area contributed by atoms with Crippen LogP contribution in [0.2, 0.25) is 0 Å². The number of hydrogen-bond donors (Lipinski definition) is 1. The second kappa shape index (κ2) is 13.1. The quantitative estimate of drug-likeness (QED) is 0.193. The molecule has 0 spiro atoms. The third kappa shape index (κ3) is 6.60. The van der Waals surface area contributed by atoms with Crippen molar-refractivity contribution in [1.82, 2.24) is 9.88 Å². The Morgan fingerprint density at radius 2 is 1.98 bits per heavy atom. The molecule has 3 aromatic rings. The number of pyridine rings is 1. The lowest BCUT2D eigenvalue weighted by Crippen LogP contribution is -2.55. The van der Waals surface area contributed by atoms with Crippen LogP contribution in [0.25, 0.3) is 10.9 Å². The lowest BCUT2D eigenvalue weighted by Gasteiger charge is -2.51. The van der Waals surface area contributed by atoms with Gasteiger partial charge in [-0.05, 0) is 92.2 Å². The van der Waals surface area contributed by atoms with Crippen molar-refractivity contribution >= 4 is 34.0 Å². The Hall–Kier alpha value is -3.36. The van der Waals surface area contributed by atoms with Gasteiger partial charge >= 0.3 is 0 Å². The number of hydrogen-bond acceptors (Lipinski definition) is 7. The van der Waals surface area contributed by atoms with Crippen LogP contribution in [0.4, 0.5) is 5.69 Å². The molecule has 7 nitrogen and oxygen atoms in total. The van der Waals surface area contributed by atoms with E-state index < -0.39 is 0 Å². The molecule has 1 aromatic heterocycles. The number of anilines is 1. The lowest BCUT2D eigenvalue weighted by molar-refractivity contribution is -0.0386. The van der Waals surface area contributed by atoms with Crippen molar-refractivity contribution in [3.63, 3.8) is 0 Å². The molecule has 4 heterocycles. The number of ether oxygens (including phenoxy) is 4. The molecule has 2 aromatic carbocycles. The van der Waals surface area contributed by atoms with E-state index in [9.17, 15) is 0 Å². The molecule has 0 aliphatic carbocycles. The van der Waals surface area contributed by atoms with E-state index in [1.807, 2.05) is 36.5 Å². The Balaban J connectivity index is 1.47. The molecule has 1 unspecified atom stereocenters. The summed E-state index contributed by atoms with van der Waals surface area (Å²) >= 11 is 5.82. The number of fused-ring (bicyclic) bond motifs is 4. The highest BCUT2D eigenvalue weighted by atomic mass is 32.1. The van der Waals surface area contributed by atoms with Gasteiger partial charge in [0.25, 0.3) is 5.17 Å². The normalized spacial score (nSPS) is 22.3. The summed E-state index contributed by atoms with van der Waals surface area (Å²) in [7, 11) is 3.25. The molecule has 3 aliphatic heterocycles. The second-order valence-corrected chi connectivity index (χ2v) is 11.7. The van der Waals surface area contributed by atoms with Gasteiger partial charge in [-0.3, -0.25) is 9.88 Å². The van der Waals surface area contributed by atoms with Crippen LogP contribution in [-0.4, -0.2) is 55.0 Å². The predicted molar refractivity (Wildman–Crippen MR) is 168 cm³/mol. The average molecular weight is 576 g/mol. The zero-order valence-corrected chi connectivity index (χ0v) is 25.3. The predicted octanol–water partition coefficient (Wildman–Crippen LogP) is 7.03. The second-order valence-electron chi connectivity index (χ2n) is 11.4. The highest BCUT2D eigenvalue weighted by Gasteiger charge is 2.44. The van der Waals surface area contributed by atoms with Crippen molar-refractivity contribution in [2.24, 2.45) is 17.8 Å². The average Bonchev–Trinajstić information content (AvgIpc) is 2.99. The minimum atomic E-state index is -0.302. The van der Waals surface area contributed by atoms with E-state index in [4.69, 9.17) is 31.2 Å². The first-order valence-corrected chi connectivity index (χ1v) is 14.9. The van der Waals surface area contributed by atoms with Crippen LogP contribution in [0.1, 0.15) is 44.8 Å². The molecule has 8 heteroatoms. The fourth-order valence-electron chi connectivity index (χ4n) is 6.09. The summed E-state index contributed by atoms with van der Waals surface area (Å²) < 4.78 is 23.8. The molecule has 0 radical (unpaired) electrons. The monoisotopic (exact) mass is 575 g/mol. The largest absolute Gasteiger partial charge is 0.497 e. The van der Waals surface area contributed by atoms with Crippen molar-refractivity contribution in [3.05, 3.63) is 66.9 Å². The Labute approximate surface area is 248 Å². The number of thiocarbonyl (C=S) groups is 1. The van der Waals surface area contributed by atoms with Gasteiger partial charge in [0, 0.05) is 29.8 Å². The molecule has 41 heavy (non-hydrogen) atoms. The van der Waals surface area contributed by atoms with Gasteiger partial charge in [0.2, 0.25) is 0 Å². The molecule has 3 saturated heterocycles. The molecular weight excluding hydrogens is 534 g/mol. The van der Waals surface area contributed by atoms with Gasteiger partial charge in [0.05, 0.1) is 38.1 Å². The van der Waals surface area contributed by atoms with Crippen LogP contribution in [0.15, 0.2) is 61.3 Å². The Kier molecular flexibility index (Phi) is 9.30. The third-order valence-corrected chi connectivity index (χ3v) is 8.60. The molecular formula is C33H41N3O4S. The Morgan fingerprint density at radius 3 is 2.68 bits per heavy atom. The van der Waals surface area contributed by atoms with E-state index >= 15 is 0 Å². The first-order valence-electron chi connectivity index (χ1n) is 14.5. The van der Waals surface area contributed by atoms with Crippen LogP contribution >= 0.6 is 12.2 Å². The van der Waals surface area contributed by atoms with Crippen molar-refractivity contribution < 1.29 is 18.9 Å². The highest BCUT2D eigenvalue weighted by molar-refractivity contribution is 7.80. The van der Waals surface area contributed by atoms with Gasteiger partial charge in [-0.15, -0.1) is 6.58 Å². The molecule has 2 bridgehead atoms. The number of benzene rings is 2. The maximum Gasteiger partial charge on any atom is 0.261 e. The maximum absolute atomic E-state index is 6.72. The van der Waals surface area contributed by atoms with Crippen LogP contribution in [0.3, 0.4) is 0 Å². The first kappa shape index (κ1) is 29.1. The molecule has 1 N–H and O–H groups in total. The highest BCUT2D eigenvalue weighted by Crippen LogP contribution is 2.44. The summed E-state index contributed by atoms with van der Waals surface area (Å²) in [4.78, 5) is 7.21.